The lowest BCUT2D eigenvalue weighted by Gasteiger charge is -2.31. The Bertz CT molecular complexity index is 474. The Morgan fingerprint density at radius 2 is 2.20 bits per heavy atom. The zero-order valence-corrected chi connectivity index (χ0v) is 12.8. The van der Waals surface area contributed by atoms with Gasteiger partial charge in [0.15, 0.2) is 0 Å². The van der Waals surface area contributed by atoms with Gasteiger partial charge in [-0.3, -0.25) is 9.69 Å². The van der Waals surface area contributed by atoms with Gasteiger partial charge in [-0.1, -0.05) is 26.8 Å². The van der Waals surface area contributed by atoms with Crippen LogP contribution in [0.1, 0.15) is 39.3 Å². The third-order valence-corrected chi connectivity index (χ3v) is 3.25. The van der Waals surface area contributed by atoms with Crippen LogP contribution in [0.4, 0.5) is 5.82 Å². The van der Waals surface area contributed by atoms with Crippen molar-refractivity contribution < 1.29 is 9.53 Å². The van der Waals surface area contributed by atoms with Crippen molar-refractivity contribution in [2.24, 2.45) is 5.41 Å². The Balaban J connectivity index is 2.26. The smallest absolute Gasteiger partial charge is 0.257 e. The number of hydrogen-bond donors (Lipinski definition) is 0. The highest BCUT2D eigenvalue weighted by Crippen LogP contribution is 2.24. The molecule has 1 fully saturated rings. The second-order valence-corrected chi connectivity index (χ2v) is 6.62. The predicted molar refractivity (Wildman–Crippen MR) is 79.8 cm³/mol. The normalized spacial score (nSPS) is 19.1. The van der Waals surface area contributed by atoms with Crippen molar-refractivity contribution in [1.29, 1.82) is 0 Å². The van der Waals surface area contributed by atoms with Gasteiger partial charge >= 0.3 is 0 Å². The second-order valence-electron chi connectivity index (χ2n) is 6.62. The fourth-order valence-corrected chi connectivity index (χ4v) is 2.37. The van der Waals surface area contributed by atoms with E-state index in [1.54, 1.807) is 4.90 Å². The summed E-state index contributed by atoms with van der Waals surface area (Å²) in [6, 6.07) is 5.77. The molecule has 0 aromatic carbocycles. The maximum Gasteiger partial charge on any atom is 0.257 e. The minimum Gasteiger partial charge on any atom is -0.368 e. The molecule has 2 rings (SSSR count). The maximum absolute atomic E-state index is 12.7. The fraction of sp³-hybridized carbons (Fsp3) is 0.625. The van der Waals surface area contributed by atoms with E-state index in [-0.39, 0.29) is 17.4 Å². The average molecular weight is 276 g/mol. The number of carbonyl (C=O) groups is 1. The van der Waals surface area contributed by atoms with Crippen molar-refractivity contribution in [2.45, 2.75) is 46.6 Å². The predicted octanol–water partition coefficient (Wildman–Crippen LogP) is 2.95. The van der Waals surface area contributed by atoms with E-state index in [2.05, 4.69) is 25.8 Å². The number of anilines is 1. The molecular formula is C16H24N2O2. The molecule has 20 heavy (non-hydrogen) atoms. The summed E-state index contributed by atoms with van der Waals surface area (Å²) in [5.74, 6) is 0.760. The van der Waals surface area contributed by atoms with Crippen molar-refractivity contribution >= 4 is 11.7 Å². The quantitative estimate of drug-likeness (QED) is 0.852. The summed E-state index contributed by atoms with van der Waals surface area (Å²) in [6.07, 6.45) is 1.46. The van der Waals surface area contributed by atoms with E-state index in [0.29, 0.717) is 13.2 Å². The zero-order valence-electron chi connectivity index (χ0n) is 12.8. The van der Waals surface area contributed by atoms with E-state index >= 15 is 0 Å². The van der Waals surface area contributed by atoms with Crippen molar-refractivity contribution in [2.75, 3.05) is 18.1 Å². The van der Waals surface area contributed by atoms with Gasteiger partial charge in [-0.05, 0) is 37.3 Å². The van der Waals surface area contributed by atoms with Gasteiger partial charge in [0, 0.05) is 18.8 Å². The molecule has 0 radical (unpaired) electrons. The minimum atomic E-state index is -0.306. The highest BCUT2D eigenvalue weighted by molar-refractivity contribution is 5.96. The molecule has 4 heteroatoms. The molecule has 0 saturated carbocycles. The Morgan fingerprint density at radius 1 is 1.45 bits per heavy atom. The molecule has 4 nitrogen and oxygen atoms in total. The van der Waals surface area contributed by atoms with Crippen molar-refractivity contribution in [3.05, 3.63) is 23.9 Å². The highest BCUT2D eigenvalue weighted by Gasteiger charge is 2.31. The van der Waals surface area contributed by atoms with Crippen LogP contribution in [0.25, 0.3) is 0 Å². The molecule has 0 spiro atoms. The van der Waals surface area contributed by atoms with E-state index in [4.69, 9.17) is 4.74 Å². The molecule has 1 saturated heterocycles. The van der Waals surface area contributed by atoms with Gasteiger partial charge in [0.1, 0.15) is 11.9 Å². The summed E-state index contributed by atoms with van der Waals surface area (Å²) in [7, 11) is 0. The molecule has 1 aliphatic heterocycles. The van der Waals surface area contributed by atoms with Crippen LogP contribution in [-0.4, -0.2) is 30.1 Å². The van der Waals surface area contributed by atoms with Crippen LogP contribution in [0.15, 0.2) is 18.2 Å². The number of aromatic nitrogens is 1. The molecule has 1 aliphatic rings. The number of hydrogen-bond acceptors (Lipinski definition) is 3. The summed E-state index contributed by atoms with van der Waals surface area (Å²) >= 11 is 0. The van der Waals surface area contributed by atoms with Crippen LogP contribution >= 0.6 is 0 Å². The van der Waals surface area contributed by atoms with Gasteiger partial charge in [0.25, 0.3) is 5.91 Å². The largest absolute Gasteiger partial charge is 0.368 e. The van der Waals surface area contributed by atoms with Crippen LogP contribution in [-0.2, 0) is 9.53 Å². The molecule has 1 aromatic rings. The topological polar surface area (TPSA) is 42.4 Å². The number of carbonyl (C=O) groups excluding carboxylic acids is 1. The number of ether oxygens (including phenoxy) is 1. The molecular weight excluding hydrogens is 252 g/mol. The molecule has 1 aromatic heterocycles. The second kappa shape index (κ2) is 5.92. The molecule has 110 valence electrons. The van der Waals surface area contributed by atoms with Crippen molar-refractivity contribution in [3.8, 4) is 0 Å². The van der Waals surface area contributed by atoms with E-state index in [1.807, 2.05) is 25.1 Å². The van der Waals surface area contributed by atoms with E-state index in [9.17, 15) is 4.79 Å². The van der Waals surface area contributed by atoms with Crippen LogP contribution in [0.5, 0.6) is 0 Å². The van der Waals surface area contributed by atoms with E-state index < -0.39 is 0 Å². The van der Waals surface area contributed by atoms with Crippen LogP contribution in [0.2, 0.25) is 0 Å². The Hall–Kier alpha value is -1.42. The molecule has 0 N–H and O–H groups in total. The first-order valence-corrected chi connectivity index (χ1v) is 7.23. The van der Waals surface area contributed by atoms with Crippen molar-refractivity contribution in [3.63, 3.8) is 0 Å². The van der Waals surface area contributed by atoms with Crippen LogP contribution < -0.4 is 4.90 Å². The molecule has 0 bridgehead atoms. The lowest BCUT2D eigenvalue weighted by atomic mass is 9.95. The van der Waals surface area contributed by atoms with E-state index in [0.717, 1.165) is 24.4 Å². The van der Waals surface area contributed by atoms with Crippen LogP contribution in [0, 0.1) is 12.3 Å². The summed E-state index contributed by atoms with van der Waals surface area (Å²) in [6.45, 7) is 9.63. The molecule has 1 amide bonds. The Kier molecular flexibility index (Phi) is 4.43. The Morgan fingerprint density at radius 3 is 2.75 bits per heavy atom. The van der Waals surface area contributed by atoms with Gasteiger partial charge in [-0.2, -0.15) is 0 Å². The average Bonchev–Trinajstić information content (AvgIpc) is 2.88. The van der Waals surface area contributed by atoms with E-state index in [1.165, 1.54) is 0 Å². The standard InChI is InChI=1S/C16H24N2O2/c1-12-7-5-9-14(17-12)18(11-16(2,3)4)15(19)13-8-6-10-20-13/h5,7,9,13H,6,8,10-11H2,1-4H3/t13-/m1/s1. The SMILES string of the molecule is Cc1cccc(N(CC(C)(C)C)C(=O)[C@H]2CCCO2)n1. The molecule has 1 atom stereocenters. The first-order chi connectivity index (χ1) is 9.37. The molecule has 0 unspecified atom stereocenters. The van der Waals surface area contributed by atoms with Crippen LogP contribution in [0.3, 0.4) is 0 Å². The van der Waals surface area contributed by atoms with Gasteiger partial charge in [-0.25, -0.2) is 4.98 Å². The molecule has 2 heterocycles. The number of nitrogens with zero attached hydrogens (tertiary/aromatic N) is 2. The number of pyridine rings is 1. The van der Waals surface area contributed by atoms with Gasteiger partial charge in [0.2, 0.25) is 0 Å². The first-order valence-electron chi connectivity index (χ1n) is 7.23. The van der Waals surface area contributed by atoms with Gasteiger partial charge in [-0.15, -0.1) is 0 Å². The number of amides is 1. The monoisotopic (exact) mass is 276 g/mol. The lowest BCUT2D eigenvalue weighted by molar-refractivity contribution is -0.127. The summed E-state index contributed by atoms with van der Waals surface area (Å²) < 4.78 is 5.54. The summed E-state index contributed by atoms with van der Waals surface area (Å²) in [4.78, 5) is 19.0. The third kappa shape index (κ3) is 3.79. The van der Waals surface area contributed by atoms with Crippen molar-refractivity contribution in [1.82, 2.24) is 4.98 Å². The number of rotatable bonds is 3. The maximum atomic E-state index is 12.7. The highest BCUT2D eigenvalue weighted by atomic mass is 16.5. The first kappa shape index (κ1) is 15.0. The Labute approximate surface area is 121 Å². The van der Waals surface area contributed by atoms with Gasteiger partial charge in [0.05, 0.1) is 0 Å². The molecule has 0 aliphatic carbocycles. The third-order valence-electron chi connectivity index (χ3n) is 3.25. The minimum absolute atomic E-state index is 0.0136. The number of aryl methyl sites for hydroxylation is 1. The zero-order chi connectivity index (χ0) is 14.8. The fourth-order valence-electron chi connectivity index (χ4n) is 2.37. The van der Waals surface area contributed by atoms with Gasteiger partial charge < -0.3 is 4.74 Å². The summed E-state index contributed by atoms with van der Waals surface area (Å²) in [5.41, 5.74) is 0.932. The summed E-state index contributed by atoms with van der Waals surface area (Å²) in [5, 5.41) is 0. The lowest BCUT2D eigenvalue weighted by Crippen LogP contribution is -2.44.